The number of hydrogen-bond donors (Lipinski definition) is 1. The largest absolute Gasteiger partial charge is 0.455 e. The van der Waals surface area contributed by atoms with E-state index in [1.54, 1.807) is 18.2 Å². The molecule has 4 fully saturated rings. The van der Waals surface area contributed by atoms with Crippen LogP contribution in [0.1, 0.15) is 92.4 Å². The van der Waals surface area contributed by atoms with Crippen LogP contribution in [0.4, 0.5) is 0 Å². The van der Waals surface area contributed by atoms with E-state index in [1.165, 1.54) is 0 Å². The van der Waals surface area contributed by atoms with Crippen LogP contribution in [0, 0.1) is 16.7 Å². The molecule has 9 nitrogen and oxygen atoms in total. The van der Waals surface area contributed by atoms with E-state index in [0.29, 0.717) is 18.4 Å². The summed E-state index contributed by atoms with van der Waals surface area (Å²) in [6, 6.07) is 15.1. The maximum atomic E-state index is 14.8. The molecule has 5 aliphatic rings. The average Bonchev–Trinajstić information content (AvgIpc) is 3.62. The number of benzene rings is 1. The summed E-state index contributed by atoms with van der Waals surface area (Å²) in [7, 11) is -6.38. The number of rotatable bonds is 15. The van der Waals surface area contributed by atoms with Crippen molar-refractivity contribution in [1.29, 1.82) is 0 Å². The normalized spacial score (nSPS) is 37.8. The molecule has 314 valence electrons. The lowest BCUT2D eigenvalue weighted by molar-refractivity contribution is -0.357. The molecule has 2 heterocycles. The minimum Gasteiger partial charge on any atom is -0.455 e. The minimum absolute atomic E-state index is 0.111. The third kappa shape index (κ3) is 6.77. The SMILES string of the molecule is C=CC1OC2C3=C(C)C(O[Si](CC)(CC)CC)CC(O[SiH](C)C)(C(OC(=O)c4ccccc4)C4C5(O)COC5CC(O[Si](CC)(CC)CC)[C@@]4(C)C2O1)C3(C)C. The van der Waals surface area contributed by atoms with Crippen molar-refractivity contribution in [2.24, 2.45) is 16.7 Å². The fraction of sp³-hybridized carbons (Fsp3) is 0.750. The number of carbonyl (C=O) groups excluding carboxylic acids is 1. The van der Waals surface area contributed by atoms with Gasteiger partial charge in [-0.2, -0.15) is 0 Å². The van der Waals surface area contributed by atoms with Gasteiger partial charge in [0.1, 0.15) is 23.4 Å². The Labute approximate surface area is 341 Å². The van der Waals surface area contributed by atoms with Crippen molar-refractivity contribution in [1.82, 2.24) is 0 Å². The summed E-state index contributed by atoms with van der Waals surface area (Å²) >= 11 is 0. The minimum atomic E-state index is -2.26. The lowest BCUT2D eigenvalue weighted by Gasteiger charge is -2.70. The van der Waals surface area contributed by atoms with Gasteiger partial charge >= 0.3 is 5.97 Å². The van der Waals surface area contributed by atoms with E-state index in [1.807, 2.05) is 18.2 Å². The monoisotopic (exact) mass is 828 g/mol. The second-order valence-electron chi connectivity index (χ2n) is 18.5. The Hall–Kier alpha value is -1.46. The summed E-state index contributed by atoms with van der Waals surface area (Å²) in [5.74, 6) is -1.16. The summed E-state index contributed by atoms with van der Waals surface area (Å²) in [6.07, 6.45) is -1.23. The number of hydrogen-bond acceptors (Lipinski definition) is 9. The van der Waals surface area contributed by atoms with Crippen molar-refractivity contribution < 1.29 is 42.1 Å². The van der Waals surface area contributed by atoms with Gasteiger partial charge in [-0.1, -0.05) is 87.1 Å². The molecule has 1 aromatic carbocycles. The molecule has 2 bridgehead atoms. The molecule has 2 saturated carbocycles. The van der Waals surface area contributed by atoms with Crippen molar-refractivity contribution in [3.8, 4) is 0 Å². The Kier molecular flexibility index (Phi) is 12.8. The Morgan fingerprint density at radius 2 is 1.54 bits per heavy atom. The summed E-state index contributed by atoms with van der Waals surface area (Å²) in [4.78, 5) is 14.8. The van der Waals surface area contributed by atoms with Crippen LogP contribution in [0.15, 0.2) is 54.1 Å². The zero-order valence-corrected chi connectivity index (χ0v) is 39.6. The molecule has 0 radical (unpaired) electrons. The zero-order valence-electron chi connectivity index (χ0n) is 36.4. The van der Waals surface area contributed by atoms with Crippen LogP contribution in [-0.4, -0.2) is 97.5 Å². The predicted octanol–water partition coefficient (Wildman–Crippen LogP) is 8.94. The molecule has 1 N–H and O–H groups in total. The average molecular weight is 829 g/mol. The van der Waals surface area contributed by atoms with Gasteiger partial charge in [-0.3, -0.25) is 0 Å². The van der Waals surface area contributed by atoms with E-state index in [9.17, 15) is 9.90 Å². The third-order valence-corrected chi connectivity index (χ3v) is 25.8. The van der Waals surface area contributed by atoms with Crippen LogP contribution >= 0.6 is 0 Å². The highest BCUT2D eigenvalue weighted by atomic mass is 28.4. The van der Waals surface area contributed by atoms with Gasteiger partial charge in [-0.15, -0.1) is 0 Å². The van der Waals surface area contributed by atoms with E-state index in [0.717, 1.165) is 47.4 Å². The predicted molar refractivity (Wildman–Crippen MR) is 228 cm³/mol. The number of fused-ring (bicyclic) bond motifs is 8. The first-order valence-corrected chi connectivity index (χ1v) is 29.6. The van der Waals surface area contributed by atoms with Gasteiger partial charge in [0.15, 0.2) is 32.0 Å². The molecule has 2 aliphatic heterocycles. The molecule has 11 atom stereocenters. The molecule has 10 unspecified atom stereocenters. The van der Waals surface area contributed by atoms with Crippen LogP contribution in [0.5, 0.6) is 0 Å². The first kappa shape index (κ1) is 44.1. The summed E-state index contributed by atoms with van der Waals surface area (Å²) in [6.45, 7) is 31.0. The van der Waals surface area contributed by atoms with Crippen LogP contribution in [0.25, 0.3) is 0 Å². The smallest absolute Gasteiger partial charge is 0.338 e. The van der Waals surface area contributed by atoms with Gasteiger partial charge in [0, 0.05) is 29.6 Å². The van der Waals surface area contributed by atoms with Crippen LogP contribution in [0.3, 0.4) is 0 Å². The highest BCUT2D eigenvalue weighted by Gasteiger charge is 2.78. The van der Waals surface area contributed by atoms with Gasteiger partial charge in [0.05, 0.1) is 36.6 Å². The van der Waals surface area contributed by atoms with Gasteiger partial charge in [0.25, 0.3) is 0 Å². The lowest BCUT2D eigenvalue weighted by Crippen LogP contribution is -2.82. The summed E-state index contributed by atoms with van der Waals surface area (Å²) < 4.78 is 50.5. The number of aliphatic hydroxyl groups is 1. The molecular weight excluding hydrogens is 757 g/mol. The first-order valence-electron chi connectivity index (χ1n) is 21.7. The molecule has 0 spiro atoms. The van der Waals surface area contributed by atoms with E-state index in [4.69, 9.17) is 32.2 Å². The van der Waals surface area contributed by atoms with Gasteiger partial charge in [0.2, 0.25) is 0 Å². The maximum Gasteiger partial charge on any atom is 0.338 e. The Morgan fingerprint density at radius 1 is 0.946 bits per heavy atom. The van der Waals surface area contributed by atoms with E-state index >= 15 is 0 Å². The van der Waals surface area contributed by atoms with Crippen molar-refractivity contribution in [3.63, 3.8) is 0 Å². The molecule has 2 saturated heterocycles. The van der Waals surface area contributed by atoms with Crippen LogP contribution < -0.4 is 0 Å². The quantitative estimate of drug-likeness (QED) is 0.106. The fourth-order valence-corrected chi connectivity index (χ4v) is 18.9. The number of esters is 1. The molecule has 6 rings (SSSR count). The second-order valence-corrected chi connectivity index (χ2v) is 30.2. The molecule has 0 amide bonds. The van der Waals surface area contributed by atoms with E-state index < -0.39 is 90.3 Å². The maximum absolute atomic E-state index is 14.8. The van der Waals surface area contributed by atoms with Gasteiger partial charge < -0.3 is 37.3 Å². The molecule has 0 aromatic heterocycles. The number of carbonyl (C=O) groups is 1. The lowest BCUT2D eigenvalue weighted by atomic mass is 9.44. The second kappa shape index (κ2) is 16.2. The molecule has 56 heavy (non-hydrogen) atoms. The standard InChI is InChI=1S/C44H72O9Si3/c1-14-34-48-36-35-29(8)31(51-55(15-2,16-3)17-4)27-44(41(35,9)10,53-54(12)13)39(50-40(45)30-24-22-21-23-25-30)37-42(11,38(36)49-34)32(26-33-43(37,46)28-47-33)52-56(18-5,19-6)20-7/h14,21-25,31-34,36-39,46,54H,1,15-20,26-28H2,2-13H3/t31?,32?,33?,34?,36?,37?,38?,39?,42-,43?,44?/m1/s1. The van der Waals surface area contributed by atoms with Crippen molar-refractivity contribution in [3.05, 3.63) is 59.7 Å². The highest BCUT2D eigenvalue weighted by molar-refractivity contribution is 6.74. The Bertz CT molecular complexity index is 1590. The number of ether oxygens (including phenoxy) is 4. The topological polar surface area (TPSA) is 102 Å². The van der Waals surface area contributed by atoms with Crippen molar-refractivity contribution in [2.75, 3.05) is 6.61 Å². The van der Waals surface area contributed by atoms with Crippen LogP contribution in [0.2, 0.25) is 49.4 Å². The molecule has 3 aliphatic carbocycles. The van der Waals surface area contributed by atoms with E-state index in [2.05, 4.69) is 88.9 Å². The van der Waals surface area contributed by atoms with Gasteiger partial charge in [-0.05, 0) is 85.6 Å². The molecule has 1 aromatic rings. The zero-order chi connectivity index (χ0) is 41.1. The van der Waals surface area contributed by atoms with E-state index in [-0.39, 0.29) is 18.8 Å². The Morgan fingerprint density at radius 3 is 2.05 bits per heavy atom. The summed E-state index contributed by atoms with van der Waals surface area (Å²) in [5.41, 5.74) is -1.50. The fourth-order valence-electron chi connectivity index (χ4n) is 11.7. The Balaban J connectivity index is 1.72. The van der Waals surface area contributed by atoms with Crippen molar-refractivity contribution >= 4 is 31.6 Å². The molecule has 12 heteroatoms. The first-order chi connectivity index (χ1) is 26.5. The van der Waals surface area contributed by atoms with Gasteiger partial charge in [-0.25, -0.2) is 4.79 Å². The van der Waals surface area contributed by atoms with Crippen LogP contribution in [-0.2, 0) is 32.2 Å². The highest BCUT2D eigenvalue weighted by Crippen LogP contribution is 2.68. The summed E-state index contributed by atoms with van der Waals surface area (Å²) in [5, 5.41) is 13.4. The third-order valence-electron chi connectivity index (χ3n) is 15.6. The molecular formula is C44H72O9Si3. The van der Waals surface area contributed by atoms with Crippen molar-refractivity contribution in [2.45, 2.75) is 186 Å².